The smallest absolute Gasteiger partial charge is 0.238 e. The van der Waals surface area contributed by atoms with Gasteiger partial charge in [-0.1, -0.05) is 24.3 Å². The molecule has 4 heteroatoms. The number of hydrogen-bond donors (Lipinski definition) is 0. The van der Waals surface area contributed by atoms with Crippen molar-refractivity contribution in [2.45, 2.75) is 18.7 Å². The van der Waals surface area contributed by atoms with E-state index in [0.717, 1.165) is 10.6 Å². The molecule has 2 aromatic carbocycles. The summed E-state index contributed by atoms with van der Waals surface area (Å²) in [6.07, 6.45) is 0. The summed E-state index contributed by atoms with van der Waals surface area (Å²) in [5.74, 6) is 0.259. The van der Waals surface area contributed by atoms with E-state index >= 15 is 0 Å². The molecule has 0 bridgehead atoms. The van der Waals surface area contributed by atoms with Crippen molar-refractivity contribution in [3.05, 3.63) is 59.7 Å². The molecule has 0 atom stereocenters. The van der Waals surface area contributed by atoms with Crippen LogP contribution in [0, 0.1) is 25.2 Å². The summed E-state index contributed by atoms with van der Waals surface area (Å²) >= 11 is 1.50. The molecule has 22 heavy (non-hydrogen) atoms. The third-order valence-electron chi connectivity index (χ3n) is 3.44. The van der Waals surface area contributed by atoms with E-state index in [1.54, 1.807) is 0 Å². The highest BCUT2D eigenvalue weighted by Gasteiger charge is 2.15. The summed E-state index contributed by atoms with van der Waals surface area (Å²) in [6.45, 7) is 4.20. The monoisotopic (exact) mass is 310 g/mol. The van der Waals surface area contributed by atoms with Crippen LogP contribution in [-0.2, 0) is 4.79 Å². The lowest BCUT2D eigenvalue weighted by molar-refractivity contribution is -0.116. The Hall–Kier alpha value is -2.25. The van der Waals surface area contributed by atoms with E-state index < -0.39 is 0 Å². The minimum atomic E-state index is -0.0593. The molecule has 3 nitrogen and oxygen atoms in total. The molecule has 1 amide bonds. The van der Waals surface area contributed by atoms with Gasteiger partial charge < -0.3 is 0 Å². The third-order valence-corrected chi connectivity index (χ3v) is 4.42. The normalized spacial score (nSPS) is 10.0. The molecule has 0 fully saturated rings. The van der Waals surface area contributed by atoms with Crippen LogP contribution < -0.4 is 4.90 Å². The zero-order valence-corrected chi connectivity index (χ0v) is 13.6. The number of para-hydroxylation sites is 1. The summed E-state index contributed by atoms with van der Waals surface area (Å²) in [7, 11) is 0. The summed E-state index contributed by atoms with van der Waals surface area (Å²) in [6, 6.07) is 17.5. The lowest BCUT2D eigenvalue weighted by atomic mass is 10.1. The molecule has 0 heterocycles. The Morgan fingerprint density at radius 3 is 2.50 bits per heavy atom. The Balaban J connectivity index is 2.05. The second-order valence-corrected chi connectivity index (χ2v) is 6.06. The zero-order valence-electron chi connectivity index (χ0n) is 12.7. The molecule has 0 saturated heterocycles. The fourth-order valence-corrected chi connectivity index (χ4v) is 2.90. The van der Waals surface area contributed by atoms with Gasteiger partial charge in [-0.25, -0.2) is 0 Å². The zero-order chi connectivity index (χ0) is 15.9. The third kappa shape index (κ3) is 4.12. The molecule has 2 rings (SSSR count). The maximum Gasteiger partial charge on any atom is 0.238 e. The van der Waals surface area contributed by atoms with Gasteiger partial charge in [-0.2, -0.15) is 5.26 Å². The van der Waals surface area contributed by atoms with Gasteiger partial charge in [0.1, 0.15) is 6.54 Å². The first-order valence-electron chi connectivity index (χ1n) is 7.04. The minimum Gasteiger partial charge on any atom is -0.298 e. The highest BCUT2D eigenvalue weighted by molar-refractivity contribution is 8.00. The number of nitriles is 1. The first-order valence-corrected chi connectivity index (χ1v) is 8.03. The topological polar surface area (TPSA) is 44.1 Å². The summed E-state index contributed by atoms with van der Waals surface area (Å²) in [4.78, 5) is 15.0. The van der Waals surface area contributed by atoms with E-state index in [4.69, 9.17) is 5.26 Å². The number of nitrogens with zero attached hydrogens (tertiary/aromatic N) is 2. The Morgan fingerprint density at radius 2 is 1.86 bits per heavy atom. The SMILES string of the molecule is Cc1ccc(SCC(=O)N(CC#N)c2ccccc2)cc1C. The van der Waals surface area contributed by atoms with E-state index in [1.165, 1.54) is 27.8 Å². The van der Waals surface area contributed by atoms with Crippen LogP contribution in [0.15, 0.2) is 53.4 Å². The molecule has 112 valence electrons. The molecule has 0 spiro atoms. The highest BCUT2D eigenvalue weighted by Crippen LogP contribution is 2.22. The maximum absolute atomic E-state index is 12.4. The molecular formula is C18H18N2OS. The lowest BCUT2D eigenvalue weighted by Gasteiger charge is -2.19. The van der Waals surface area contributed by atoms with Gasteiger partial charge in [0, 0.05) is 10.6 Å². The predicted molar refractivity (Wildman–Crippen MR) is 91.0 cm³/mol. The molecular weight excluding hydrogens is 292 g/mol. The van der Waals surface area contributed by atoms with Crippen molar-refractivity contribution in [1.29, 1.82) is 5.26 Å². The van der Waals surface area contributed by atoms with Crippen LogP contribution in [0.5, 0.6) is 0 Å². The number of benzene rings is 2. The van der Waals surface area contributed by atoms with E-state index in [2.05, 4.69) is 32.0 Å². The quantitative estimate of drug-likeness (QED) is 0.620. The molecule has 0 saturated carbocycles. The average Bonchev–Trinajstić information content (AvgIpc) is 2.54. The van der Waals surface area contributed by atoms with Crippen molar-refractivity contribution in [3.63, 3.8) is 0 Å². The van der Waals surface area contributed by atoms with Gasteiger partial charge >= 0.3 is 0 Å². The van der Waals surface area contributed by atoms with Crippen LogP contribution in [0.25, 0.3) is 0 Å². The van der Waals surface area contributed by atoms with Gasteiger partial charge in [-0.15, -0.1) is 11.8 Å². The molecule has 0 aromatic heterocycles. The lowest BCUT2D eigenvalue weighted by Crippen LogP contribution is -2.32. The van der Waals surface area contributed by atoms with Gasteiger partial charge in [0.2, 0.25) is 5.91 Å². The van der Waals surface area contributed by atoms with Crippen LogP contribution in [-0.4, -0.2) is 18.2 Å². The fraction of sp³-hybridized carbons (Fsp3) is 0.222. The number of thioether (sulfide) groups is 1. The van der Waals surface area contributed by atoms with Gasteiger partial charge in [0.15, 0.2) is 0 Å². The largest absolute Gasteiger partial charge is 0.298 e. The number of anilines is 1. The number of aryl methyl sites for hydroxylation is 2. The van der Waals surface area contributed by atoms with Crippen LogP contribution in [0.2, 0.25) is 0 Å². The molecule has 2 aromatic rings. The standard InChI is InChI=1S/C18H18N2OS/c1-14-8-9-17(12-15(14)2)22-13-18(21)20(11-10-19)16-6-4-3-5-7-16/h3-9,12H,11,13H2,1-2H3. The summed E-state index contributed by atoms with van der Waals surface area (Å²) in [5, 5.41) is 8.95. The first-order chi connectivity index (χ1) is 10.6. The maximum atomic E-state index is 12.4. The van der Waals surface area contributed by atoms with Gasteiger partial charge in [-0.05, 0) is 49.2 Å². The number of amides is 1. The van der Waals surface area contributed by atoms with Crippen molar-refractivity contribution in [3.8, 4) is 6.07 Å². The second-order valence-electron chi connectivity index (χ2n) is 5.01. The molecule has 0 aliphatic heterocycles. The van der Waals surface area contributed by atoms with E-state index in [9.17, 15) is 4.79 Å². The van der Waals surface area contributed by atoms with Crippen LogP contribution in [0.1, 0.15) is 11.1 Å². The molecule has 0 aliphatic carbocycles. The van der Waals surface area contributed by atoms with E-state index in [1.807, 2.05) is 36.4 Å². The molecule has 0 aliphatic rings. The Kier molecular flexibility index (Phi) is 5.62. The highest BCUT2D eigenvalue weighted by atomic mass is 32.2. The van der Waals surface area contributed by atoms with Crippen molar-refractivity contribution < 1.29 is 4.79 Å². The van der Waals surface area contributed by atoms with Crippen LogP contribution >= 0.6 is 11.8 Å². The molecule has 0 N–H and O–H groups in total. The molecule has 0 radical (unpaired) electrons. The summed E-state index contributed by atoms with van der Waals surface area (Å²) < 4.78 is 0. The fourth-order valence-electron chi connectivity index (χ4n) is 2.03. The Bertz CT molecular complexity index is 692. The number of carbonyl (C=O) groups excluding carboxylic acids is 1. The number of carbonyl (C=O) groups is 1. The summed E-state index contributed by atoms with van der Waals surface area (Å²) in [5.41, 5.74) is 3.22. The Labute approximate surface area is 135 Å². The van der Waals surface area contributed by atoms with Gasteiger partial charge in [0.25, 0.3) is 0 Å². The second kappa shape index (κ2) is 7.67. The van der Waals surface area contributed by atoms with Gasteiger partial charge in [0.05, 0.1) is 11.8 Å². The van der Waals surface area contributed by atoms with Crippen LogP contribution in [0.4, 0.5) is 5.69 Å². The predicted octanol–water partition coefficient (Wildman–Crippen LogP) is 3.95. The van der Waals surface area contributed by atoms with Crippen molar-refractivity contribution in [1.82, 2.24) is 0 Å². The average molecular weight is 310 g/mol. The van der Waals surface area contributed by atoms with Crippen LogP contribution in [0.3, 0.4) is 0 Å². The van der Waals surface area contributed by atoms with Crippen molar-refractivity contribution in [2.75, 3.05) is 17.2 Å². The van der Waals surface area contributed by atoms with E-state index in [0.29, 0.717) is 5.75 Å². The van der Waals surface area contributed by atoms with Gasteiger partial charge in [-0.3, -0.25) is 9.69 Å². The van der Waals surface area contributed by atoms with Crippen molar-refractivity contribution in [2.24, 2.45) is 0 Å². The number of rotatable bonds is 5. The number of hydrogen-bond acceptors (Lipinski definition) is 3. The van der Waals surface area contributed by atoms with Crippen molar-refractivity contribution >= 4 is 23.4 Å². The minimum absolute atomic E-state index is 0.0593. The first kappa shape index (κ1) is 16.1. The van der Waals surface area contributed by atoms with E-state index in [-0.39, 0.29) is 12.5 Å². The Morgan fingerprint density at radius 1 is 1.14 bits per heavy atom. The molecule has 0 unspecified atom stereocenters.